The summed E-state index contributed by atoms with van der Waals surface area (Å²) in [5, 5.41) is 4.64. The lowest BCUT2D eigenvalue weighted by Crippen LogP contribution is -2.09. The second kappa shape index (κ2) is 6.62. The van der Waals surface area contributed by atoms with Crippen LogP contribution < -0.4 is 5.32 Å². The summed E-state index contributed by atoms with van der Waals surface area (Å²) in [6, 6.07) is 5.85. The summed E-state index contributed by atoms with van der Waals surface area (Å²) in [6.45, 7) is 3.68. The third-order valence-electron chi connectivity index (χ3n) is 3.13. The highest BCUT2D eigenvalue weighted by Crippen LogP contribution is 2.36. The van der Waals surface area contributed by atoms with Crippen LogP contribution in [0.3, 0.4) is 0 Å². The fourth-order valence-corrected chi connectivity index (χ4v) is 3.14. The average Bonchev–Trinajstić information content (AvgIpc) is 2.41. The number of rotatable bonds is 3. The Kier molecular flexibility index (Phi) is 5.26. The predicted octanol–water partition coefficient (Wildman–Crippen LogP) is 6.92. The molecule has 2 rings (SSSR count). The maximum absolute atomic E-state index is 13.6. The van der Waals surface area contributed by atoms with Crippen LogP contribution in [0.25, 0.3) is 0 Å². The van der Waals surface area contributed by atoms with Gasteiger partial charge in [0.2, 0.25) is 0 Å². The van der Waals surface area contributed by atoms with Crippen LogP contribution in [0.2, 0.25) is 20.1 Å². The van der Waals surface area contributed by atoms with E-state index < -0.39 is 5.82 Å². The third kappa shape index (κ3) is 3.57. The van der Waals surface area contributed by atoms with Gasteiger partial charge in [0.05, 0.1) is 21.8 Å². The van der Waals surface area contributed by atoms with Gasteiger partial charge < -0.3 is 5.32 Å². The molecule has 1 nitrogen and oxygen atoms in total. The first-order chi connectivity index (χ1) is 9.81. The molecule has 0 aliphatic rings. The van der Waals surface area contributed by atoms with Gasteiger partial charge in [-0.3, -0.25) is 0 Å². The summed E-state index contributed by atoms with van der Waals surface area (Å²) in [7, 11) is 0. The number of benzene rings is 2. The molecular formula is C15H12Cl4FN. The fraction of sp³-hybridized carbons (Fsp3) is 0.200. The van der Waals surface area contributed by atoms with Crippen molar-refractivity contribution < 1.29 is 4.39 Å². The number of aryl methyl sites for hydroxylation is 1. The maximum Gasteiger partial charge on any atom is 0.142 e. The summed E-state index contributed by atoms with van der Waals surface area (Å²) >= 11 is 24.4. The minimum Gasteiger partial charge on any atom is -0.377 e. The van der Waals surface area contributed by atoms with Gasteiger partial charge in [-0.2, -0.15) is 0 Å². The van der Waals surface area contributed by atoms with Gasteiger partial charge in [0.1, 0.15) is 5.82 Å². The van der Waals surface area contributed by atoms with Crippen molar-refractivity contribution in [1.82, 2.24) is 0 Å². The molecule has 0 heterocycles. The molecule has 0 aromatic heterocycles. The first-order valence-electron chi connectivity index (χ1n) is 6.16. The van der Waals surface area contributed by atoms with Gasteiger partial charge in [-0.25, -0.2) is 4.39 Å². The number of hydrogen-bond acceptors (Lipinski definition) is 1. The van der Waals surface area contributed by atoms with Gasteiger partial charge in [-0.05, 0) is 43.7 Å². The van der Waals surface area contributed by atoms with Crippen molar-refractivity contribution in [2.24, 2.45) is 0 Å². The van der Waals surface area contributed by atoms with Gasteiger partial charge in [0, 0.05) is 15.6 Å². The topological polar surface area (TPSA) is 12.0 Å². The summed E-state index contributed by atoms with van der Waals surface area (Å²) < 4.78 is 13.6. The van der Waals surface area contributed by atoms with E-state index in [1.807, 2.05) is 13.8 Å². The first kappa shape index (κ1) is 16.7. The molecule has 1 unspecified atom stereocenters. The Morgan fingerprint density at radius 2 is 1.67 bits per heavy atom. The standard InChI is InChI=1S/C15H12Cl4FN/c1-7-5-11(18)13(6-10(7)17)21-8(2)14-9(16)3-4-12(20)15(14)19/h3-6,8,21H,1-2H3. The molecule has 0 spiro atoms. The molecule has 2 aromatic carbocycles. The molecule has 0 saturated heterocycles. The van der Waals surface area contributed by atoms with Crippen LogP contribution in [0, 0.1) is 12.7 Å². The van der Waals surface area contributed by atoms with Crippen molar-refractivity contribution >= 4 is 52.1 Å². The Hall–Kier alpha value is -0.670. The highest BCUT2D eigenvalue weighted by Gasteiger charge is 2.18. The molecule has 0 fully saturated rings. The molecule has 0 radical (unpaired) electrons. The second-order valence-corrected chi connectivity index (χ2v) is 6.30. The Labute approximate surface area is 143 Å². The maximum atomic E-state index is 13.6. The smallest absolute Gasteiger partial charge is 0.142 e. The Morgan fingerprint density at radius 1 is 1.00 bits per heavy atom. The lowest BCUT2D eigenvalue weighted by molar-refractivity contribution is 0.624. The van der Waals surface area contributed by atoms with Crippen LogP contribution in [0.5, 0.6) is 0 Å². The molecule has 0 saturated carbocycles. The van der Waals surface area contributed by atoms with E-state index in [0.29, 0.717) is 26.3 Å². The largest absolute Gasteiger partial charge is 0.377 e. The van der Waals surface area contributed by atoms with E-state index in [0.717, 1.165) is 5.56 Å². The molecule has 0 amide bonds. The van der Waals surface area contributed by atoms with Crippen LogP contribution in [0.4, 0.5) is 10.1 Å². The van der Waals surface area contributed by atoms with Crippen molar-refractivity contribution in [3.8, 4) is 0 Å². The van der Waals surface area contributed by atoms with E-state index >= 15 is 0 Å². The molecule has 0 bridgehead atoms. The van der Waals surface area contributed by atoms with Crippen molar-refractivity contribution in [1.29, 1.82) is 0 Å². The Morgan fingerprint density at radius 3 is 2.33 bits per heavy atom. The zero-order valence-electron chi connectivity index (χ0n) is 11.3. The fourth-order valence-electron chi connectivity index (χ4n) is 2.00. The molecular weight excluding hydrogens is 355 g/mol. The van der Waals surface area contributed by atoms with Gasteiger partial charge in [0.25, 0.3) is 0 Å². The van der Waals surface area contributed by atoms with Gasteiger partial charge in [0.15, 0.2) is 0 Å². The van der Waals surface area contributed by atoms with Crippen LogP contribution in [0.1, 0.15) is 24.1 Å². The number of nitrogens with one attached hydrogen (secondary N) is 1. The highest BCUT2D eigenvalue weighted by atomic mass is 35.5. The lowest BCUT2D eigenvalue weighted by atomic mass is 10.1. The summed E-state index contributed by atoms with van der Waals surface area (Å²) in [5.41, 5.74) is 1.99. The number of halogens is 5. The van der Waals surface area contributed by atoms with E-state index in [2.05, 4.69) is 5.32 Å². The first-order valence-corrected chi connectivity index (χ1v) is 7.68. The quantitative estimate of drug-likeness (QED) is 0.581. The third-order valence-corrected chi connectivity index (χ3v) is 4.57. The summed E-state index contributed by atoms with van der Waals surface area (Å²) in [4.78, 5) is 0. The normalized spacial score (nSPS) is 12.3. The molecule has 0 aliphatic heterocycles. The molecule has 1 atom stereocenters. The average molecular weight is 367 g/mol. The van der Waals surface area contributed by atoms with E-state index in [1.165, 1.54) is 12.1 Å². The predicted molar refractivity (Wildman–Crippen MR) is 89.7 cm³/mol. The lowest BCUT2D eigenvalue weighted by Gasteiger charge is -2.20. The molecule has 21 heavy (non-hydrogen) atoms. The second-order valence-electron chi connectivity index (χ2n) is 4.70. The van der Waals surface area contributed by atoms with Crippen molar-refractivity contribution in [2.75, 3.05) is 5.32 Å². The zero-order valence-corrected chi connectivity index (χ0v) is 14.3. The molecule has 1 N–H and O–H groups in total. The van der Waals surface area contributed by atoms with Gasteiger partial charge >= 0.3 is 0 Å². The van der Waals surface area contributed by atoms with E-state index in [4.69, 9.17) is 46.4 Å². The molecule has 2 aromatic rings. The minimum atomic E-state index is -0.516. The van der Waals surface area contributed by atoms with Crippen LogP contribution in [0.15, 0.2) is 24.3 Å². The molecule has 0 aliphatic carbocycles. The van der Waals surface area contributed by atoms with Gasteiger partial charge in [-0.1, -0.05) is 46.4 Å². The van der Waals surface area contributed by atoms with E-state index in [9.17, 15) is 4.39 Å². The minimum absolute atomic E-state index is 0.00293. The molecule has 112 valence electrons. The van der Waals surface area contributed by atoms with E-state index in [-0.39, 0.29) is 11.1 Å². The van der Waals surface area contributed by atoms with Crippen molar-refractivity contribution in [3.63, 3.8) is 0 Å². The van der Waals surface area contributed by atoms with Crippen molar-refractivity contribution in [2.45, 2.75) is 19.9 Å². The van der Waals surface area contributed by atoms with E-state index in [1.54, 1.807) is 12.1 Å². The number of hydrogen-bond donors (Lipinski definition) is 1. The monoisotopic (exact) mass is 365 g/mol. The summed E-state index contributed by atoms with van der Waals surface area (Å²) in [5.74, 6) is -0.516. The molecule has 6 heteroatoms. The van der Waals surface area contributed by atoms with Crippen LogP contribution in [-0.4, -0.2) is 0 Å². The highest BCUT2D eigenvalue weighted by molar-refractivity contribution is 6.36. The Balaban J connectivity index is 2.37. The Bertz CT molecular complexity index is 688. The van der Waals surface area contributed by atoms with Crippen LogP contribution >= 0.6 is 46.4 Å². The summed E-state index contributed by atoms with van der Waals surface area (Å²) in [6.07, 6.45) is 0. The van der Waals surface area contributed by atoms with Gasteiger partial charge in [-0.15, -0.1) is 0 Å². The van der Waals surface area contributed by atoms with Crippen molar-refractivity contribution in [3.05, 3.63) is 61.3 Å². The SMILES string of the molecule is Cc1cc(Cl)c(NC(C)c2c(Cl)ccc(F)c2Cl)cc1Cl. The zero-order chi connectivity index (χ0) is 15.7. The number of anilines is 1. The van der Waals surface area contributed by atoms with Crippen LogP contribution in [-0.2, 0) is 0 Å².